The fourth-order valence-corrected chi connectivity index (χ4v) is 1.72. The summed E-state index contributed by atoms with van der Waals surface area (Å²) >= 11 is 0. The molecule has 15 heavy (non-hydrogen) atoms. The quantitative estimate of drug-likeness (QED) is 0.547. The smallest absolute Gasteiger partial charge is 0.0667 e. The molecule has 0 aliphatic rings. The third-order valence-electron chi connectivity index (χ3n) is 2.72. The van der Waals surface area contributed by atoms with Crippen LogP contribution in [0.1, 0.15) is 46.0 Å². The van der Waals surface area contributed by atoms with Gasteiger partial charge in [-0.2, -0.15) is 0 Å². The van der Waals surface area contributed by atoms with Gasteiger partial charge in [-0.15, -0.1) is 0 Å². The first-order valence-corrected chi connectivity index (χ1v) is 6.25. The third-order valence-corrected chi connectivity index (χ3v) is 2.72. The minimum atomic E-state index is -0.228. The molecule has 0 radical (unpaired) electrons. The lowest BCUT2D eigenvalue weighted by molar-refractivity contribution is 0.0946. The summed E-state index contributed by atoms with van der Waals surface area (Å²) in [6.45, 7) is 6.69. The number of aliphatic hydroxyl groups excluding tert-OH is 2. The fraction of sp³-hybridized carbons (Fsp3) is 1.00. The standard InChI is InChI=1S/C12H27NO2/c1-3-5-6-7-8-12(15)11-13(4-2)9-10-14/h12,14-15H,3-11H2,1-2H3. The maximum atomic E-state index is 9.75. The van der Waals surface area contributed by atoms with E-state index in [1.807, 2.05) is 0 Å². The van der Waals surface area contributed by atoms with Gasteiger partial charge in [-0.05, 0) is 13.0 Å². The molecule has 92 valence electrons. The highest BCUT2D eigenvalue weighted by Crippen LogP contribution is 2.06. The van der Waals surface area contributed by atoms with Crippen molar-refractivity contribution in [1.29, 1.82) is 0 Å². The van der Waals surface area contributed by atoms with Crippen LogP contribution < -0.4 is 0 Å². The summed E-state index contributed by atoms with van der Waals surface area (Å²) in [6.07, 6.45) is 5.50. The molecule has 0 aromatic rings. The van der Waals surface area contributed by atoms with E-state index in [4.69, 9.17) is 5.11 Å². The molecule has 0 aliphatic heterocycles. The van der Waals surface area contributed by atoms with E-state index in [-0.39, 0.29) is 12.7 Å². The van der Waals surface area contributed by atoms with Crippen molar-refractivity contribution >= 4 is 0 Å². The lowest BCUT2D eigenvalue weighted by atomic mass is 10.1. The van der Waals surface area contributed by atoms with E-state index in [2.05, 4.69) is 18.7 Å². The van der Waals surface area contributed by atoms with Crippen molar-refractivity contribution in [3.8, 4) is 0 Å². The number of likely N-dealkylation sites (N-methyl/N-ethyl adjacent to an activating group) is 1. The predicted molar refractivity (Wildman–Crippen MR) is 64.0 cm³/mol. The molecule has 0 spiro atoms. The van der Waals surface area contributed by atoms with Gasteiger partial charge in [0.05, 0.1) is 12.7 Å². The van der Waals surface area contributed by atoms with E-state index in [0.29, 0.717) is 13.1 Å². The number of aliphatic hydroxyl groups is 2. The number of hydrogen-bond acceptors (Lipinski definition) is 3. The molecule has 3 heteroatoms. The molecule has 0 heterocycles. The van der Waals surface area contributed by atoms with Crippen molar-refractivity contribution in [2.24, 2.45) is 0 Å². The van der Waals surface area contributed by atoms with Crippen LogP contribution in [0.25, 0.3) is 0 Å². The van der Waals surface area contributed by atoms with Crippen LogP contribution in [0.15, 0.2) is 0 Å². The van der Waals surface area contributed by atoms with Gasteiger partial charge in [-0.3, -0.25) is 4.90 Å². The zero-order valence-corrected chi connectivity index (χ0v) is 10.3. The Hall–Kier alpha value is -0.120. The van der Waals surface area contributed by atoms with Gasteiger partial charge in [0, 0.05) is 13.1 Å². The molecule has 0 amide bonds. The molecule has 1 unspecified atom stereocenters. The van der Waals surface area contributed by atoms with Crippen LogP contribution in [0.3, 0.4) is 0 Å². The fourth-order valence-electron chi connectivity index (χ4n) is 1.72. The monoisotopic (exact) mass is 217 g/mol. The van der Waals surface area contributed by atoms with Gasteiger partial charge >= 0.3 is 0 Å². The molecule has 0 aromatic carbocycles. The molecule has 0 aromatic heterocycles. The van der Waals surface area contributed by atoms with E-state index in [0.717, 1.165) is 19.4 Å². The lowest BCUT2D eigenvalue weighted by Gasteiger charge is -2.22. The number of unbranched alkanes of at least 4 members (excludes halogenated alkanes) is 3. The average molecular weight is 217 g/mol. The summed E-state index contributed by atoms with van der Waals surface area (Å²) in [5, 5.41) is 18.6. The van der Waals surface area contributed by atoms with E-state index < -0.39 is 0 Å². The third kappa shape index (κ3) is 8.85. The Morgan fingerprint density at radius 2 is 1.87 bits per heavy atom. The molecule has 1 atom stereocenters. The number of nitrogens with zero attached hydrogens (tertiary/aromatic N) is 1. The SMILES string of the molecule is CCCCCCC(O)CN(CC)CCO. The average Bonchev–Trinajstić information content (AvgIpc) is 2.24. The second-order valence-corrected chi connectivity index (χ2v) is 4.12. The highest BCUT2D eigenvalue weighted by Gasteiger charge is 2.09. The highest BCUT2D eigenvalue weighted by molar-refractivity contribution is 4.63. The Morgan fingerprint density at radius 1 is 1.13 bits per heavy atom. The maximum absolute atomic E-state index is 9.75. The Balaban J connectivity index is 3.47. The number of rotatable bonds is 10. The first-order chi connectivity index (χ1) is 7.24. The van der Waals surface area contributed by atoms with E-state index in [9.17, 15) is 5.11 Å². The van der Waals surface area contributed by atoms with Crippen LogP contribution in [-0.4, -0.2) is 47.5 Å². The molecule has 0 rings (SSSR count). The van der Waals surface area contributed by atoms with Crippen LogP contribution in [0, 0.1) is 0 Å². The van der Waals surface area contributed by atoms with Crippen molar-refractivity contribution in [2.75, 3.05) is 26.2 Å². The van der Waals surface area contributed by atoms with Crippen LogP contribution in [-0.2, 0) is 0 Å². The number of hydrogen-bond donors (Lipinski definition) is 2. The second kappa shape index (κ2) is 10.4. The van der Waals surface area contributed by atoms with E-state index >= 15 is 0 Å². The van der Waals surface area contributed by atoms with Gasteiger partial charge in [0.2, 0.25) is 0 Å². The molecule has 3 nitrogen and oxygen atoms in total. The molecule has 0 fully saturated rings. The topological polar surface area (TPSA) is 43.7 Å². The molecular formula is C12H27NO2. The summed E-state index contributed by atoms with van der Waals surface area (Å²) in [7, 11) is 0. The molecule has 2 N–H and O–H groups in total. The molecular weight excluding hydrogens is 190 g/mol. The zero-order valence-electron chi connectivity index (χ0n) is 10.3. The van der Waals surface area contributed by atoms with Crippen molar-refractivity contribution in [3.63, 3.8) is 0 Å². The summed E-state index contributed by atoms with van der Waals surface area (Å²) < 4.78 is 0. The normalized spacial score (nSPS) is 13.4. The van der Waals surface area contributed by atoms with Crippen LogP contribution >= 0.6 is 0 Å². The molecule has 0 bridgehead atoms. The zero-order chi connectivity index (χ0) is 11.5. The summed E-state index contributed by atoms with van der Waals surface area (Å²) in [5.74, 6) is 0. The Morgan fingerprint density at radius 3 is 2.40 bits per heavy atom. The summed E-state index contributed by atoms with van der Waals surface area (Å²) in [4.78, 5) is 2.09. The minimum Gasteiger partial charge on any atom is -0.395 e. The Kier molecular flexibility index (Phi) is 10.3. The van der Waals surface area contributed by atoms with E-state index in [1.54, 1.807) is 0 Å². The van der Waals surface area contributed by atoms with Gasteiger partial charge in [0.1, 0.15) is 0 Å². The van der Waals surface area contributed by atoms with Gasteiger partial charge in [-0.25, -0.2) is 0 Å². The largest absolute Gasteiger partial charge is 0.395 e. The van der Waals surface area contributed by atoms with Crippen molar-refractivity contribution in [3.05, 3.63) is 0 Å². The van der Waals surface area contributed by atoms with Gasteiger partial charge in [0.25, 0.3) is 0 Å². The van der Waals surface area contributed by atoms with Crippen molar-refractivity contribution in [1.82, 2.24) is 4.90 Å². The first kappa shape index (κ1) is 14.9. The predicted octanol–water partition coefficient (Wildman–Crippen LogP) is 1.63. The molecule has 0 saturated heterocycles. The Labute approximate surface area is 94.1 Å². The van der Waals surface area contributed by atoms with Crippen LogP contribution in [0.2, 0.25) is 0 Å². The molecule has 0 saturated carbocycles. The molecule has 0 aliphatic carbocycles. The second-order valence-electron chi connectivity index (χ2n) is 4.12. The van der Waals surface area contributed by atoms with Gasteiger partial charge in [0.15, 0.2) is 0 Å². The van der Waals surface area contributed by atoms with Gasteiger partial charge in [-0.1, -0.05) is 39.5 Å². The first-order valence-electron chi connectivity index (χ1n) is 6.25. The van der Waals surface area contributed by atoms with Crippen molar-refractivity contribution < 1.29 is 10.2 Å². The minimum absolute atomic E-state index is 0.177. The van der Waals surface area contributed by atoms with Crippen LogP contribution in [0.4, 0.5) is 0 Å². The van der Waals surface area contributed by atoms with Gasteiger partial charge < -0.3 is 10.2 Å². The summed E-state index contributed by atoms with van der Waals surface area (Å²) in [5.41, 5.74) is 0. The Bertz CT molecular complexity index is 131. The van der Waals surface area contributed by atoms with Crippen molar-refractivity contribution in [2.45, 2.75) is 52.1 Å². The highest BCUT2D eigenvalue weighted by atomic mass is 16.3. The van der Waals surface area contributed by atoms with E-state index in [1.165, 1.54) is 19.3 Å². The lowest BCUT2D eigenvalue weighted by Crippen LogP contribution is -2.34. The maximum Gasteiger partial charge on any atom is 0.0667 e. The van der Waals surface area contributed by atoms with Crippen LogP contribution in [0.5, 0.6) is 0 Å². The summed E-state index contributed by atoms with van der Waals surface area (Å²) in [6, 6.07) is 0.